The van der Waals surface area contributed by atoms with Gasteiger partial charge in [-0.25, -0.2) is 0 Å². The summed E-state index contributed by atoms with van der Waals surface area (Å²) in [5.74, 6) is 0. The zero-order valence-electron chi connectivity index (χ0n) is 10.8. The second-order valence-electron chi connectivity index (χ2n) is 4.22. The summed E-state index contributed by atoms with van der Waals surface area (Å²) < 4.78 is 33.7. The largest absolute Gasteiger partial charge is 0.379 e. The average molecular weight is 272 g/mol. The quantitative estimate of drug-likeness (QED) is 0.539. The lowest BCUT2D eigenvalue weighted by atomic mass is 10.3. The highest BCUT2D eigenvalue weighted by Crippen LogP contribution is 2.11. The molecule has 4 nitrogen and oxygen atoms in total. The number of hydrogen-bond donors (Lipinski definition) is 0. The van der Waals surface area contributed by atoms with E-state index >= 15 is 0 Å². The lowest BCUT2D eigenvalue weighted by molar-refractivity contribution is 0.0739. The van der Waals surface area contributed by atoms with Crippen molar-refractivity contribution in [2.24, 2.45) is 0 Å². The van der Waals surface area contributed by atoms with Crippen LogP contribution in [0.15, 0.2) is 35.2 Å². The Labute approximate surface area is 109 Å². The number of benzene rings is 1. The molecule has 0 spiro atoms. The number of unbranched alkanes of at least 4 members (excludes halogenated alkanes) is 1. The molecule has 102 valence electrons. The first-order chi connectivity index (χ1) is 8.52. The van der Waals surface area contributed by atoms with Crippen molar-refractivity contribution in [3.8, 4) is 0 Å². The monoisotopic (exact) mass is 272 g/mol. The van der Waals surface area contributed by atoms with E-state index in [1.807, 2.05) is 13.8 Å². The normalized spacial score (nSPS) is 11.9. The van der Waals surface area contributed by atoms with Crippen molar-refractivity contribution in [2.45, 2.75) is 37.7 Å². The molecule has 18 heavy (non-hydrogen) atoms. The van der Waals surface area contributed by atoms with Crippen LogP contribution < -0.4 is 0 Å². The van der Waals surface area contributed by atoms with Gasteiger partial charge in [0.2, 0.25) is 0 Å². The highest BCUT2D eigenvalue weighted by Gasteiger charge is 2.13. The summed E-state index contributed by atoms with van der Waals surface area (Å²) in [6.07, 6.45) is 1.67. The van der Waals surface area contributed by atoms with Gasteiger partial charge in [0, 0.05) is 6.61 Å². The fourth-order valence-corrected chi connectivity index (χ4v) is 2.31. The Morgan fingerprint density at radius 3 is 2.28 bits per heavy atom. The van der Waals surface area contributed by atoms with E-state index in [0.29, 0.717) is 13.0 Å². The van der Waals surface area contributed by atoms with E-state index in [2.05, 4.69) is 0 Å². The van der Waals surface area contributed by atoms with E-state index in [4.69, 9.17) is 8.92 Å². The van der Waals surface area contributed by atoms with Crippen molar-refractivity contribution >= 4 is 10.1 Å². The van der Waals surface area contributed by atoms with Gasteiger partial charge in [0.05, 0.1) is 17.6 Å². The molecule has 0 radical (unpaired) electrons. The zero-order valence-corrected chi connectivity index (χ0v) is 11.7. The van der Waals surface area contributed by atoms with Gasteiger partial charge in [-0.2, -0.15) is 8.42 Å². The standard InChI is InChI=1S/C13H20O4S/c1-12(2)16-10-6-7-11-17-18(14,15)13-8-4-3-5-9-13/h3-5,8-9,12H,6-7,10-11H2,1-2H3. The molecule has 1 rings (SSSR count). The highest BCUT2D eigenvalue weighted by molar-refractivity contribution is 7.86. The van der Waals surface area contributed by atoms with Crippen molar-refractivity contribution in [1.29, 1.82) is 0 Å². The third-order valence-electron chi connectivity index (χ3n) is 2.26. The van der Waals surface area contributed by atoms with Crippen molar-refractivity contribution in [2.75, 3.05) is 13.2 Å². The molecular weight excluding hydrogens is 252 g/mol. The molecule has 0 amide bonds. The molecule has 0 aromatic heterocycles. The van der Waals surface area contributed by atoms with Crippen LogP contribution in [0.5, 0.6) is 0 Å². The van der Waals surface area contributed by atoms with Crippen LogP contribution in [0.4, 0.5) is 0 Å². The topological polar surface area (TPSA) is 52.6 Å². The van der Waals surface area contributed by atoms with Crippen molar-refractivity contribution in [1.82, 2.24) is 0 Å². The van der Waals surface area contributed by atoms with Gasteiger partial charge in [-0.3, -0.25) is 4.18 Å². The molecule has 0 aliphatic heterocycles. The molecule has 0 atom stereocenters. The van der Waals surface area contributed by atoms with Crippen molar-refractivity contribution < 1.29 is 17.3 Å². The SMILES string of the molecule is CC(C)OCCCCOS(=O)(=O)c1ccccc1. The van der Waals surface area contributed by atoms with Gasteiger partial charge in [0.25, 0.3) is 10.1 Å². The zero-order chi connectivity index (χ0) is 13.4. The molecule has 0 aliphatic rings. The Morgan fingerprint density at radius 2 is 1.67 bits per heavy atom. The molecule has 0 saturated carbocycles. The van der Waals surface area contributed by atoms with E-state index in [1.165, 1.54) is 12.1 Å². The first-order valence-corrected chi connectivity index (χ1v) is 7.49. The maximum Gasteiger partial charge on any atom is 0.296 e. The first-order valence-electron chi connectivity index (χ1n) is 6.08. The van der Waals surface area contributed by atoms with Crippen LogP contribution in [0.2, 0.25) is 0 Å². The molecule has 0 heterocycles. The van der Waals surface area contributed by atoms with E-state index < -0.39 is 10.1 Å². The van der Waals surface area contributed by atoms with Crippen LogP contribution in [-0.4, -0.2) is 27.7 Å². The first kappa shape index (κ1) is 15.1. The summed E-state index contributed by atoms with van der Waals surface area (Å²) >= 11 is 0. The van der Waals surface area contributed by atoms with Gasteiger partial charge in [-0.1, -0.05) is 18.2 Å². The number of rotatable bonds is 8. The minimum atomic E-state index is -3.60. The van der Waals surface area contributed by atoms with Crippen LogP contribution in [0.1, 0.15) is 26.7 Å². The molecule has 0 saturated heterocycles. The Morgan fingerprint density at radius 1 is 1.06 bits per heavy atom. The van der Waals surface area contributed by atoms with E-state index in [0.717, 1.165) is 6.42 Å². The predicted molar refractivity (Wildman–Crippen MR) is 69.9 cm³/mol. The van der Waals surface area contributed by atoms with Crippen LogP contribution in [0.25, 0.3) is 0 Å². The molecule has 1 aromatic rings. The van der Waals surface area contributed by atoms with E-state index in [1.54, 1.807) is 18.2 Å². The van der Waals surface area contributed by atoms with E-state index in [9.17, 15) is 8.42 Å². The van der Waals surface area contributed by atoms with Crippen LogP contribution in [0.3, 0.4) is 0 Å². The fraction of sp³-hybridized carbons (Fsp3) is 0.538. The fourth-order valence-electron chi connectivity index (χ4n) is 1.35. The average Bonchev–Trinajstić information content (AvgIpc) is 2.34. The summed E-state index contributed by atoms with van der Waals surface area (Å²) in [4.78, 5) is 0.198. The van der Waals surface area contributed by atoms with E-state index in [-0.39, 0.29) is 17.6 Å². The van der Waals surface area contributed by atoms with Crippen LogP contribution in [-0.2, 0) is 19.0 Å². The number of hydrogen-bond acceptors (Lipinski definition) is 4. The smallest absolute Gasteiger partial charge is 0.296 e. The molecule has 0 N–H and O–H groups in total. The predicted octanol–water partition coefficient (Wildman–Crippen LogP) is 2.60. The van der Waals surface area contributed by atoms with Crippen LogP contribution >= 0.6 is 0 Å². The third-order valence-corrected chi connectivity index (χ3v) is 3.59. The molecule has 0 unspecified atom stereocenters. The number of ether oxygens (including phenoxy) is 1. The molecule has 0 bridgehead atoms. The van der Waals surface area contributed by atoms with Gasteiger partial charge in [-0.15, -0.1) is 0 Å². The summed E-state index contributed by atoms with van der Waals surface area (Å²) in [6.45, 7) is 4.76. The van der Waals surface area contributed by atoms with Gasteiger partial charge in [-0.05, 0) is 38.8 Å². The van der Waals surface area contributed by atoms with Crippen molar-refractivity contribution in [3.05, 3.63) is 30.3 Å². The summed E-state index contributed by atoms with van der Waals surface area (Å²) in [5, 5.41) is 0. The maximum atomic E-state index is 11.7. The van der Waals surface area contributed by atoms with Crippen LogP contribution in [0, 0.1) is 0 Å². The molecule has 0 fully saturated rings. The minimum Gasteiger partial charge on any atom is -0.379 e. The minimum absolute atomic E-state index is 0.193. The lowest BCUT2D eigenvalue weighted by Crippen LogP contribution is -2.09. The third kappa shape index (κ3) is 5.62. The van der Waals surface area contributed by atoms with Crippen molar-refractivity contribution in [3.63, 3.8) is 0 Å². The Kier molecular flexibility index (Phi) is 6.32. The Hall–Kier alpha value is -0.910. The molecule has 5 heteroatoms. The molecule has 1 aromatic carbocycles. The van der Waals surface area contributed by atoms with Gasteiger partial charge >= 0.3 is 0 Å². The Bertz CT molecular complexity index is 426. The Balaban J connectivity index is 2.27. The van der Waals surface area contributed by atoms with Gasteiger partial charge in [0.1, 0.15) is 0 Å². The van der Waals surface area contributed by atoms with Gasteiger partial charge in [0.15, 0.2) is 0 Å². The molecular formula is C13H20O4S. The molecule has 0 aliphatic carbocycles. The lowest BCUT2D eigenvalue weighted by Gasteiger charge is -2.07. The maximum absolute atomic E-state index is 11.7. The summed E-state index contributed by atoms with van der Waals surface area (Å²) in [5.41, 5.74) is 0. The second kappa shape index (κ2) is 7.51. The van der Waals surface area contributed by atoms with Gasteiger partial charge < -0.3 is 4.74 Å². The highest BCUT2D eigenvalue weighted by atomic mass is 32.2. The summed E-state index contributed by atoms with van der Waals surface area (Å²) in [7, 11) is -3.60. The second-order valence-corrected chi connectivity index (χ2v) is 5.83. The summed E-state index contributed by atoms with van der Waals surface area (Å²) in [6, 6.07) is 8.16.